The van der Waals surface area contributed by atoms with Crippen LogP contribution in [0.2, 0.25) is 0 Å². The molecule has 2 aromatic rings. The van der Waals surface area contributed by atoms with Crippen LogP contribution in [0.5, 0.6) is 0 Å². The summed E-state index contributed by atoms with van der Waals surface area (Å²) in [5.74, 6) is 0.141. The van der Waals surface area contributed by atoms with Crippen molar-refractivity contribution < 1.29 is 4.79 Å². The molecule has 2 aromatic carbocycles. The van der Waals surface area contributed by atoms with Crippen LogP contribution in [0.25, 0.3) is 5.57 Å². The molecule has 18 heavy (non-hydrogen) atoms. The highest BCUT2D eigenvalue weighted by molar-refractivity contribution is 5.97. The highest BCUT2D eigenvalue weighted by Gasteiger charge is 2.02. The van der Waals surface area contributed by atoms with Gasteiger partial charge in [-0.2, -0.15) is 0 Å². The third-order valence-corrected chi connectivity index (χ3v) is 2.83. The number of allylic oxidation sites excluding steroid dienone is 2. The molecule has 0 atom stereocenters. The van der Waals surface area contributed by atoms with E-state index in [0.29, 0.717) is 6.42 Å². The van der Waals surface area contributed by atoms with Gasteiger partial charge in [0, 0.05) is 6.42 Å². The Morgan fingerprint density at radius 3 is 2.11 bits per heavy atom. The molecule has 0 bridgehead atoms. The van der Waals surface area contributed by atoms with Crippen LogP contribution in [0.4, 0.5) is 0 Å². The topological polar surface area (TPSA) is 17.1 Å². The van der Waals surface area contributed by atoms with Gasteiger partial charge in [-0.25, -0.2) is 0 Å². The Kier molecular flexibility index (Phi) is 4.08. The quantitative estimate of drug-likeness (QED) is 0.736. The van der Waals surface area contributed by atoms with Gasteiger partial charge in [-0.3, -0.25) is 4.79 Å². The van der Waals surface area contributed by atoms with Crippen LogP contribution in [0.3, 0.4) is 0 Å². The van der Waals surface area contributed by atoms with Crippen molar-refractivity contribution in [1.29, 1.82) is 0 Å². The van der Waals surface area contributed by atoms with E-state index in [1.165, 1.54) is 0 Å². The van der Waals surface area contributed by atoms with Crippen LogP contribution < -0.4 is 0 Å². The molecule has 0 aliphatic heterocycles. The maximum atomic E-state index is 11.9. The summed E-state index contributed by atoms with van der Waals surface area (Å²) in [6.45, 7) is 1.97. The molecule has 0 saturated heterocycles. The fourth-order valence-electron chi connectivity index (χ4n) is 1.87. The van der Waals surface area contributed by atoms with Gasteiger partial charge in [-0.1, -0.05) is 60.7 Å². The Labute approximate surface area is 108 Å². The monoisotopic (exact) mass is 236 g/mol. The molecule has 0 aliphatic rings. The number of hydrogen-bond donors (Lipinski definition) is 0. The Morgan fingerprint density at radius 1 is 0.944 bits per heavy atom. The van der Waals surface area contributed by atoms with Crippen LogP contribution in [0.15, 0.2) is 66.7 Å². The zero-order valence-electron chi connectivity index (χ0n) is 10.5. The molecular weight excluding hydrogens is 220 g/mol. The first-order chi connectivity index (χ1) is 8.75. The van der Waals surface area contributed by atoms with Gasteiger partial charge in [0.2, 0.25) is 0 Å². The van der Waals surface area contributed by atoms with E-state index in [1.54, 1.807) is 6.08 Å². The lowest BCUT2D eigenvalue weighted by atomic mass is 10.0. The summed E-state index contributed by atoms with van der Waals surface area (Å²) >= 11 is 0. The SMILES string of the molecule is C/C(=C\C(=O)Cc1ccccc1)c1ccccc1. The number of hydrogen-bond acceptors (Lipinski definition) is 1. The smallest absolute Gasteiger partial charge is 0.160 e. The Balaban J connectivity index is 2.07. The van der Waals surface area contributed by atoms with Gasteiger partial charge in [0.15, 0.2) is 5.78 Å². The summed E-state index contributed by atoms with van der Waals surface area (Å²) in [4.78, 5) is 11.9. The third-order valence-electron chi connectivity index (χ3n) is 2.83. The number of carbonyl (C=O) groups excluding carboxylic acids is 1. The lowest BCUT2D eigenvalue weighted by Gasteiger charge is -2.01. The maximum Gasteiger partial charge on any atom is 0.160 e. The molecule has 0 spiro atoms. The van der Waals surface area contributed by atoms with E-state index < -0.39 is 0 Å². The van der Waals surface area contributed by atoms with Crippen LogP contribution >= 0.6 is 0 Å². The van der Waals surface area contributed by atoms with E-state index in [1.807, 2.05) is 67.6 Å². The number of carbonyl (C=O) groups is 1. The van der Waals surface area contributed by atoms with Crippen molar-refractivity contribution in [3.63, 3.8) is 0 Å². The molecule has 0 aliphatic carbocycles. The van der Waals surface area contributed by atoms with Gasteiger partial charge >= 0.3 is 0 Å². The van der Waals surface area contributed by atoms with Gasteiger partial charge in [-0.05, 0) is 29.7 Å². The molecule has 1 nitrogen and oxygen atoms in total. The standard InChI is InChI=1S/C17H16O/c1-14(16-10-6-3-7-11-16)12-17(18)13-15-8-4-2-5-9-15/h2-12H,13H2,1H3/b14-12+. The lowest BCUT2D eigenvalue weighted by Crippen LogP contribution is -1.99. The molecule has 0 radical (unpaired) electrons. The van der Waals surface area contributed by atoms with Crippen molar-refractivity contribution in [2.24, 2.45) is 0 Å². The molecule has 0 amide bonds. The highest BCUT2D eigenvalue weighted by Crippen LogP contribution is 2.13. The number of benzene rings is 2. The van der Waals surface area contributed by atoms with Crippen LogP contribution in [-0.2, 0) is 11.2 Å². The van der Waals surface area contributed by atoms with Gasteiger partial charge in [0.25, 0.3) is 0 Å². The molecule has 0 unspecified atom stereocenters. The van der Waals surface area contributed by atoms with Crippen molar-refractivity contribution in [2.75, 3.05) is 0 Å². The third kappa shape index (κ3) is 3.42. The van der Waals surface area contributed by atoms with Gasteiger partial charge in [0.1, 0.15) is 0 Å². The first-order valence-corrected chi connectivity index (χ1v) is 6.06. The predicted molar refractivity (Wildman–Crippen MR) is 75.2 cm³/mol. The average Bonchev–Trinajstić information content (AvgIpc) is 2.40. The first-order valence-electron chi connectivity index (χ1n) is 6.06. The molecule has 90 valence electrons. The van der Waals surface area contributed by atoms with E-state index in [4.69, 9.17) is 0 Å². The largest absolute Gasteiger partial charge is 0.294 e. The summed E-state index contributed by atoms with van der Waals surface area (Å²) in [5.41, 5.74) is 3.16. The van der Waals surface area contributed by atoms with Gasteiger partial charge in [0.05, 0.1) is 0 Å². The number of ketones is 1. The predicted octanol–water partition coefficient (Wildman–Crippen LogP) is 3.90. The second-order valence-corrected chi connectivity index (χ2v) is 4.32. The summed E-state index contributed by atoms with van der Waals surface area (Å²) in [6.07, 6.45) is 2.19. The van der Waals surface area contributed by atoms with Gasteiger partial charge in [-0.15, -0.1) is 0 Å². The van der Waals surface area contributed by atoms with E-state index in [-0.39, 0.29) is 5.78 Å². The minimum Gasteiger partial charge on any atom is -0.294 e. The minimum absolute atomic E-state index is 0.141. The van der Waals surface area contributed by atoms with Crippen LogP contribution in [-0.4, -0.2) is 5.78 Å². The van der Waals surface area contributed by atoms with Crippen LogP contribution in [0, 0.1) is 0 Å². The zero-order chi connectivity index (χ0) is 12.8. The van der Waals surface area contributed by atoms with E-state index in [2.05, 4.69) is 0 Å². The lowest BCUT2D eigenvalue weighted by molar-refractivity contribution is -0.113. The highest BCUT2D eigenvalue weighted by atomic mass is 16.1. The summed E-state index contributed by atoms with van der Waals surface area (Å²) in [5, 5.41) is 0. The van der Waals surface area contributed by atoms with Crippen molar-refractivity contribution in [1.82, 2.24) is 0 Å². The Morgan fingerprint density at radius 2 is 1.50 bits per heavy atom. The molecule has 1 heteroatoms. The normalized spacial score (nSPS) is 11.3. The Hall–Kier alpha value is -2.15. The second-order valence-electron chi connectivity index (χ2n) is 4.32. The van der Waals surface area contributed by atoms with Gasteiger partial charge < -0.3 is 0 Å². The fourth-order valence-corrected chi connectivity index (χ4v) is 1.87. The summed E-state index contributed by atoms with van der Waals surface area (Å²) in [7, 11) is 0. The zero-order valence-corrected chi connectivity index (χ0v) is 10.5. The molecule has 2 rings (SSSR count). The summed E-state index contributed by atoms with van der Waals surface area (Å²) in [6, 6.07) is 19.8. The van der Waals surface area contributed by atoms with E-state index >= 15 is 0 Å². The van der Waals surface area contributed by atoms with Crippen molar-refractivity contribution in [2.45, 2.75) is 13.3 Å². The number of rotatable bonds is 4. The maximum absolute atomic E-state index is 11.9. The van der Waals surface area contributed by atoms with Crippen molar-refractivity contribution >= 4 is 11.4 Å². The first kappa shape index (κ1) is 12.3. The fraction of sp³-hybridized carbons (Fsp3) is 0.118. The van der Waals surface area contributed by atoms with Crippen molar-refractivity contribution in [3.05, 3.63) is 77.9 Å². The Bertz CT molecular complexity index is 538. The second kappa shape index (κ2) is 5.97. The van der Waals surface area contributed by atoms with E-state index in [9.17, 15) is 4.79 Å². The molecule has 0 fully saturated rings. The molecular formula is C17H16O. The minimum atomic E-state index is 0.141. The summed E-state index contributed by atoms with van der Waals surface area (Å²) < 4.78 is 0. The average molecular weight is 236 g/mol. The molecule has 0 aromatic heterocycles. The molecule has 0 N–H and O–H groups in total. The van der Waals surface area contributed by atoms with Crippen LogP contribution in [0.1, 0.15) is 18.1 Å². The molecule has 0 heterocycles. The molecule has 0 saturated carbocycles. The van der Waals surface area contributed by atoms with E-state index in [0.717, 1.165) is 16.7 Å². The van der Waals surface area contributed by atoms with Crippen molar-refractivity contribution in [3.8, 4) is 0 Å².